The van der Waals surface area contributed by atoms with Crippen molar-refractivity contribution in [3.63, 3.8) is 0 Å². The van der Waals surface area contributed by atoms with Gasteiger partial charge in [0.15, 0.2) is 5.82 Å². The lowest BCUT2D eigenvalue weighted by Gasteiger charge is -1.84. The fourth-order valence-corrected chi connectivity index (χ4v) is 0.453. The normalized spacial score (nSPS) is 10.3. The fraction of sp³-hybridized carbons (Fsp3) is 0. The molecule has 1 rings (SSSR count). The van der Waals surface area contributed by atoms with Crippen LogP contribution >= 0.6 is 0 Å². The lowest BCUT2D eigenvalue weighted by atomic mass is 10.5. The van der Waals surface area contributed by atoms with Gasteiger partial charge in [-0.15, -0.1) is 0 Å². The standard InChI is InChI=1S/C6H5FN2/c7-3-2-6-8-4-1-5-9-6/h1-5H/b3-2-. The summed E-state index contributed by atoms with van der Waals surface area (Å²) in [5.41, 5.74) is 0. The van der Waals surface area contributed by atoms with Crippen LogP contribution in [0.25, 0.3) is 6.08 Å². The molecule has 0 aromatic carbocycles. The van der Waals surface area contributed by atoms with Gasteiger partial charge in [0, 0.05) is 18.5 Å². The molecule has 2 nitrogen and oxygen atoms in total. The van der Waals surface area contributed by atoms with Crippen molar-refractivity contribution < 1.29 is 4.39 Å². The van der Waals surface area contributed by atoms with E-state index >= 15 is 0 Å². The molecule has 0 aliphatic rings. The molecule has 0 aliphatic carbocycles. The van der Waals surface area contributed by atoms with Gasteiger partial charge in [0.2, 0.25) is 0 Å². The highest BCUT2D eigenvalue weighted by atomic mass is 19.1. The van der Waals surface area contributed by atoms with Gasteiger partial charge in [0.1, 0.15) is 0 Å². The zero-order valence-electron chi connectivity index (χ0n) is 4.66. The molecule has 3 heteroatoms. The Balaban J connectivity index is 2.85. The minimum atomic E-state index is 0.389. The minimum absolute atomic E-state index is 0.389. The number of rotatable bonds is 1. The largest absolute Gasteiger partial charge is 0.237 e. The highest BCUT2D eigenvalue weighted by Crippen LogP contribution is 1.89. The van der Waals surface area contributed by atoms with E-state index in [1.165, 1.54) is 6.08 Å². The molecule has 0 saturated carbocycles. The highest BCUT2D eigenvalue weighted by Gasteiger charge is 1.82. The molecule has 0 aliphatic heterocycles. The quantitative estimate of drug-likeness (QED) is 0.565. The predicted octanol–water partition coefficient (Wildman–Crippen LogP) is 1.42. The first kappa shape index (κ1) is 5.88. The van der Waals surface area contributed by atoms with E-state index in [0.29, 0.717) is 12.2 Å². The van der Waals surface area contributed by atoms with Crippen molar-refractivity contribution >= 4 is 6.08 Å². The Hall–Kier alpha value is -1.25. The van der Waals surface area contributed by atoms with Crippen molar-refractivity contribution in [2.75, 3.05) is 0 Å². The van der Waals surface area contributed by atoms with Crippen LogP contribution in [-0.2, 0) is 0 Å². The van der Waals surface area contributed by atoms with E-state index in [1.54, 1.807) is 18.5 Å². The lowest BCUT2D eigenvalue weighted by Crippen LogP contribution is -1.81. The summed E-state index contributed by atoms with van der Waals surface area (Å²) in [6, 6.07) is 1.68. The van der Waals surface area contributed by atoms with Crippen LogP contribution in [0.15, 0.2) is 24.8 Å². The molecule has 9 heavy (non-hydrogen) atoms. The van der Waals surface area contributed by atoms with Crippen molar-refractivity contribution in [3.05, 3.63) is 30.6 Å². The summed E-state index contributed by atoms with van der Waals surface area (Å²) < 4.78 is 11.4. The van der Waals surface area contributed by atoms with Gasteiger partial charge >= 0.3 is 0 Å². The average Bonchev–Trinajstić information content (AvgIpc) is 1.91. The Labute approximate surface area is 52.1 Å². The van der Waals surface area contributed by atoms with Gasteiger partial charge in [-0.2, -0.15) is 0 Å². The first-order chi connectivity index (χ1) is 4.43. The fourth-order valence-electron chi connectivity index (χ4n) is 0.453. The summed E-state index contributed by atoms with van der Waals surface area (Å²) in [6.45, 7) is 0. The second-order valence-corrected chi connectivity index (χ2v) is 1.40. The van der Waals surface area contributed by atoms with Crippen LogP contribution in [0.3, 0.4) is 0 Å². The molecular formula is C6H5FN2. The zero-order valence-corrected chi connectivity index (χ0v) is 4.66. The van der Waals surface area contributed by atoms with Crippen LogP contribution < -0.4 is 0 Å². The van der Waals surface area contributed by atoms with Gasteiger partial charge in [-0.1, -0.05) is 0 Å². The third-order valence-corrected chi connectivity index (χ3v) is 0.798. The van der Waals surface area contributed by atoms with Gasteiger partial charge in [0.05, 0.1) is 6.33 Å². The molecule has 0 saturated heterocycles. The van der Waals surface area contributed by atoms with Crippen molar-refractivity contribution in [2.24, 2.45) is 0 Å². The monoisotopic (exact) mass is 124 g/mol. The summed E-state index contributed by atoms with van der Waals surface area (Å²) >= 11 is 0. The first-order valence-electron chi connectivity index (χ1n) is 2.47. The number of halogens is 1. The highest BCUT2D eigenvalue weighted by molar-refractivity contribution is 5.36. The SMILES string of the molecule is F/C=C\c1ncccn1. The van der Waals surface area contributed by atoms with Crippen LogP contribution in [0.1, 0.15) is 5.82 Å². The van der Waals surface area contributed by atoms with Crippen molar-refractivity contribution in [1.29, 1.82) is 0 Å². The Morgan fingerprint density at radius 1 is 1.33 bits per heavy atom. The van der Waals surface area contributed by atoms with Gasteiger partial charge in [-0.25, -0.2) is 14.4 Å². The maximum Gasteiger partial charge on any atom is 0.153 e. The smallest absolute Gasteiger partial charge is 0.153 e. The van der Waals surface area contributed by atoms with Crippen molar-refractivity contribution in [3.8, 4) is 0 Å². The molecule has 46 valence electrons. The third-order valence-electron chi connectivity index (χ3n) is 0.798. The van der Waals surface area contributed by atoms with E-state index in [1.807, 2.05) is 0 Å². The van der Waals surface area contributed by atoms with E-state index in [0.717, 1.165) is 0 Å². The Morgan fingerprint density at radius 3 is 2.56 bits per heavy atom. The molecule has 0 N–H and O–H groups in total. The van der Waals surface area contributed by atoms with Crippen molar-refractivity contribution in [1.82, 2.24) is 9.97 Å². The Morgan fingerprint density at radius 2 is 2.00 bits per heavy atom. The number of hydrogen-bond acceptors (Lipinski definition) is 2. The molecule has 0 atom stereocenters. The molecule has 0 spiro atoms. The maximum atomic E-state index is 11.4. The summed E-state index contributed by atoms with van der Waals surface area (Å²) in [5.74, 6) is 0.389. The van der Waals surface area contributed by atoms with Gasteiger partial charge in [0.25, 0.3) is 0 Å². The summed E-state index contributed by atoms with van der Waals surface area (Å²) in [5, 5.41) is 0. The minimum Gasteiger partial charge on any atom is -0.237 e. The van der Waals surface area contributed by atoms with Crippen LogP contribution in [0, 0.1) is 0 Å². The number of hydrogen-bond donors (Lipinski definition) is 0. The van der Waals surface area contributed by atoms with E-state index in [-0.39, 0.29) is 0 Å². The molecule has 0 unspecified atom stereocenters. The Bertz CT molecular complexity index is 195. The zero-order chi connectivity index (χ0) is 6.53. The second kappa shape index (κ2) is 2.91. The summed E-state index contributed by atoms with van der Waals surface area (Å²) in [6.07, 6.45) is 4.72. The molecule has 0 fully saturated rings. The van der Waals surface area contributed by atoms with E-state index in [2.05, 4.69) is 9.97 Å². The molecule has 0 bridgehead atoms. The van der Waals surface area contributed by atoms with Gasteiger partial charge in [-0.3, -0.25) is 0 Å². The number of nitrogens with zero attached hydrogens (tertiary/aromatic N) is 2. The maximum absolute atomic E-state index is 11.4. The van der Waals surface area contributed by atoms with E-state index in [4.69, 9.17) is 0 Å². The molecule has 0 radical (unpaired) electrons. The van der Waals surface area contributed by atoms with Crippen molar-refractivity contribution in [2.45, 2.75) is 0 Å². The van der Waals surface area contributed by atoms with Gasteiger partial charge < -0.3 is 0 Å². The topological polar surface area (TPSA) is 25.8 Å². The van der Waals surface area contributed by atoms with Crippen LogP contribution in [0.4, 0.5) is 4.39 Å². The summed E-state index contributed by atoms with van der Waals surface area (Å²) in [4.78, 5) is 7.46. The summed E-state index contributed by atoms with van der Waals surface area (Å²) in [7, 11) is 0. The molecule has 1 aromatic heterocycles. The molecule has 1 aromatic rings. The predicted molar refractivity (Wildman–Crippen MR) is 32.2 cm³/mol. The second-order valence-electron chi connectivity index (χ2n) is 1.40. The average molecular weight is 124 g/mol. The van der Waals surface area contributed by atoms with E-state index in [9.17, 15) is 4.39 Å². The third kappa shape index (κ3) is 1.60. The number of aromatic nitrogens is 2. The van der Waals surface area contributed by atoms with Crippen LogP contribution in [0.2, 0.25) is 0 Å². The van der Waals surface area contributed by atoms with E-state index < -0.39 is 0 Å². The molecular weight excluding hydrogens is 119 g/mol. The Kier molecular flexibility index (Phi) is 1.90. The van der Waals surface area contributed by atoms with Gasteiger partial charge in [-0.05, 0) is 6.07 Å². The molecule has 0 amide bonds. The molecule has 1 heterocycles. The van der Waals surface area contributed by atoms with Crippen LogP contribution in [-0.4, -0.2) is 9.97 Å². The van der Waals surface area contributed by atoms with Crippen LogP contribution in [0.5, 0.6) is 0 Å². The first-order valence-corrected chi connectivity index (χ1v) is 2.47. The lowest BCUT2D eigenvalue weighted by molar-refractivity contribution is 0.726.